The SMILES string of the molecule is CN(C(=O)c1c(O)c2cscc2[nH]c1=O)C1CC1. The number of rotatable bonds is 2. The Labute approximate surface area is 107 Å². The number of carbonyl (C=O) groups excluding carboxylic acids is 1. The van der Waals surface area contributed by atoms with Gasteiger partial charge in [-0.1, -0.05) is 0 Å². The summed E-state index contributed by atoms with van der Waals surface area (Å²) in [5.41, 5.74) is -0.126. The minimum Gasteiger partial charge on any atom is -0.506 e. The lowest BCUT2D eigenvalue weighted by molar-refractivity contribution is 0.0780. The molecular formula is C12H12N2O3S. The Morgan fingerprint density at radius 1 is 1.50 bits per heavy atom. The van der Waals surface area contributed by atoms with Gasteiger partial charge in [-0.15, -0.1) is 11.3 Å². The molecule has 18 heavy (non-hydrogen) atoms. The summed E-state index contributed by atoms with van der Waals surface area (Å²) in [5.74, 6) is -0.628. The van der Waals surface area contributed by atoms with E-state index in [1.165, 1.54) is 16.2 Å². The molecule has 2 aromatic heterocycles. The fourth-order valence-corrected chi connectivity index (χ4v) is 2.77. The Kier molecular flexibility index (Phi) is 2.41. The van der Waals surface area contributed by atoms with Crippen LogP contribution in [-0.4, -0.2) is 34.0 Å². The van der Waals surface area contributed by atoms with Crippen LogP contribution >= 0.6 is 11.3 Å². The highest BCUT2D eigenvalue weighted by atomic mass is 32.1. The van der Waals surface area contributed by atoms with Gasteiger partial charge in [0.05, 0.1) is 10.9 Å². The molecule has 1 aliphatic rings. The zero-order valence-corrected chi connectivity index (χ0v) is 10.6. The molecule has 0 radical (unpaired) electrons. The van der Waals surface area contributed by atoms with Crippen LogP contribution in [0.25, 0.3) is 10.9 Å². The van der Waals surface area contributed by atoms with Crippen LogP contribution in [0.15, 0.2) is 15.6 Å². The Morgan fingerprint density at radius 2 is 2.22 bits per heavy atom. The van der Waals surface area contributed by atoms with Crippen LogP contribution < -0.4 is 5.56 Å². The molecule has 2 heterocycles. The molecular weight excluding hydrogens is 252 g/mol. The number of nitrogens with one attached hydrogen (secondary N) is 1. The van der Waals surface area contributed by atoms with E-state index in [1.54, 1.807) is 17.8 Å². The normalized spacial score (nSPS) is 14.9. The number of thiophene rings is 1. The molecule has 0 aromatic carbocycles. The summed E-state index contributed by atoms with van der Waals surface area (Å²) >= 11 is 1.37. The molecule has 2 N–H and O–H groups in total. The van der Waals surface area contributed by atoms with E-state index < -0.39 is 11.5 Å². The van der Waals surface area contributed by atoms with E-state index in [2.05, 4.69) is 4.98 Å². The van der Waals surface area contributed by atoms with Gasteiger partial charge in [0.2, 0.25) is 0 Å². The summed E-state index contributed by atoms with van der Waals surface area (Å²) in [6.07, 6.45) is 1.92. The highest BCUT2D eigenvalue weighted by molar-refractivity contribution is 7.09. The number of aromatic nitrogens is 1. The molecule has 0 saturated heterocycles. The monoisotopic (exact) mass is 264 g/mol. The standard InChI is InChI=1S/C12H12N2O3S/c1-14(6-2-3-6)12(17)9-10(15)7-4-18-5-8(7)13-11(9)16/h4-6,15H,2-3H2,1H3,(H,13,16). The minimum absolute atomic E-state index is 0.157. The van der Waals surface area contributed by atoms with Crippen molar-refractivity contribution >= 4 is 28.1 Å². The highest BCUT2D eigenvalue weighted by Gasteiger charge is 2.32. The Morgan fingerprint density at radius 3 is 2.89 bits per heavy atom. The van der Waals surface area contributed by atoms with Crippen LogP contribution in [0.4, 0.5) is 0 Å². The number of hydrogen-bond acceptors (Lipinski definition) is 4. The van der Waals surface area contributed by atoms with Gasteiger partial charge in [-0.25, -0.2) is 0 Å². The van der Waals surface area contributed by atoms with E-state index in [-0.39, 0.29) is 17.4 Å². The van der Waals surface area contributed by atoms with Crippen LogP contribution in [0.5, 0.6) is 5.75 Å². The summed E-state index contributed by atoms with van der Waals surface area (Å²) in [6.45, 7) is 0. The first-order chi connectivity index (χ1) is 8.59. The van der Waals surface area contributed by atoms with Crippen LogP contribution in [0, 0.1) is 0 Å². The van der Waals surface area contributed by atoms with Crippen molar-refractivity contribution in [3.8, 4) is 5.75 Å². The maximum Gasteiger partial charge on any atom is 0.265 e. The maximum absolute atomic E-state index is 12.2. The number of H-pyrrole nitrogens is 1. The largest absolute Gasteiger partial charge is 0.506 e. The number of pyridine rings is 1. The summed E-state index contributed by atoms with van der Waals surface area (Å²) in [4.78, 5) is 28.2. The first-order valence-electron chi connectivity index (χ1n) is 5.68. The fraction of sp³-hybridized carbons (Fsp3) is 0.333. The van der Waals surface area contributed by atoms with Gasteiger partial charge in [-0.05, 0) is 12.8 Å². The van der Waals surface area contributed by atoms with E-state index in [9.17, 15) is 14.7 Å². The topological polar surface area (TPSA) is 73.4 Å². The van der Waals surface area contributed by atoms with Gasteiger partial charge in [0.25, 0.3) is 11.5 Å². The van der Waals surface area contributed by atoms with Crippen molar-refractivity contribution in [1.29, 1.82) is 0 Å². The molecule has 0 bridgehead atoms. The maximum atomic E-state index is 12.2. The zero-order valence-electron chi connectivity index (χ0n) is 9.77. The quantitative estimate of drug-likeness (QED) is 0.864. The second-order valence-corrected chi connectivity index (χ2v) is 5.27. The predicted octanol–water partition coefficient (Wildman–Crippen LogP) is 1.53. The van der Waals surface area contributed by atoms with Crippen LogP contribution in [-0.2, 0) is 0 Å². The molecule has 1 fully saturated rings. The number of carbonyl (C=O) groups is 1. The molecule has 5 nitrogen and oxygen atoms in total. The molecule has 1 amide bonds. The lowest BCUT2D eigenvalue weighted by Crippen LogP contribution is -2.33. The van der Waals surface area contributed by atoms with Crippen molar-refractivity contribution in [2.24, 2.45) is 0 Å². The average molecular weight is 264 g/mol. The first-order valence-corrected chi connectivity index (χ1v) is 6.62. The third-order valence-electron chi connectivity index (χ3n) is 3.26. The predicted molar refractivity (Wildman–Crippen MR) is 69.2 cm³/mol. The fourth-order valence-electron chi connectivity index (χ4n) is 2.01. The van der Waals surface area contributed by atoms with Crippen molar-refractivity contribution in [2.45, 2.75) is 18.9 Å². The Balaban J connectivity index is 2.15. The smallest absolute Gasteiger partial charge is 0.265 e. The van der Waals surface area contributed by atoms with Gasteiger partial charge in [0, 0.05) is 23.8 Å². The van der Waals surface area contributed by atoms with Gasteiger partial charge in [0.1, 0.15) is 11.3 Å². The number of fused-ring (bicyclic) bond motifs is 1. The highest BCUT2D eigenvalue weighted by Crippen LogP contribution is 2.31. The lowest BCUT2D eigenvalue weighted by atomic mass is 10.1. The van der Waals surface area contributed by atoms with Crippen molar-refractivity contribution in [3.05, 3.63) is 26.7 Å². The molecule has 1 saturated carbocycles. The number of aromatic amines is 1. The summed E-state index contributed by atoms with van der Waals surface area (Å²) < 4.78 is 0. The van der Waals surface area contributed by atoms with Gasteiger partial charge in [0.15, 0.2) is 0 Å². The first kappa shape index (κ1) is 11.3. The molecule has 94 valence electrons. The molecule has 0 spiro atoms. The van der Waals surface area contributed by atoms with E-state index in [4.69, 9.17) is 0 Å². The Hall–Kier alpha value is -1.82. The molecule has 3 rings (SSSR count). The lowest BCUT2D eigenvalue weighted by Gasteiger charge is -2.16. The van der Waals surface area contributed by atoms with Crippen LogP contribution in [0.1, 0.15) is 23.2 Å². The van der Waals surface area contributed by atoms with Gasteiger partial charge < -0.3 is 15.0 Å². The molecule has 2 aromatic rings. The second-order valence-electron chi connectivity index (χ2n) is 4.52. The molecule has 0 atom stereocenters. The molecule has 6 heteroatoms. The summed E-state index contributed by atoms with van der Waals surface area (Å²) in [5, 5.41) is 14.0. The van der Waals surface area contributed by atoms with E-state index in [0.717, 1.165) is 12.8 Å². The van der Waals surface area contributed by atoms with Crippen molar-refractivity contribution in [1.82, 2.24) is 9.88 Å². The Bertz CT molecular complexity index is 684. The van der Waals surface area contributed by atoms with E-state index in [1.807, 2.05) is 0 Å². The van der Waals surface area contributed by atoms with Gasteiger partial charge in [-0.2, -0.15) is 0 Å². The second kappa shape index (κ2) is 3.84. The van der Waals surface area contributed by atoms with E-state index in [0.29, 0.717) is 10.9 Å². The third-order valence-corrected chi connectivity index (χ3v) is 4.00. The molecule has 1 aliphatic carbocycles. The van der Waals surface area contributed by atoms with Crippen molar-refractivity contribution in [3.63, 3.8) is 0 Å². The molecule has 0 unspecified atom stereocenters. The van der Waals surface area contributed by atoms with Crippen LogP contribution in [0.3, 0.4) is 0 Å². The van der Waals surface area contributed by atoms with Gasteiger partial charge >= 0.3 is 0 Å². The summed E-state index contributed by atoms with van der Waals surface area (Å²) in [6, 6.07) is 0.203. The average Bonchev–Trinajstić information content (AvgIpc) is 3.07. The van der Waals surface area contributed by atoms with Crippen LogP contribution in [0.2, 0.25) is 0 Å². The molecule has 0 aliphatic heterocycles. The van der Waals surface area contributed by atoms with E-state index >= 15 is 0 Å². The number of nitrogens with zero attached hydrogens (tertiary/aromatic N) is 1. The third kappa shape index (κ3) is 1.60. The zero-order chi connectivity index (χ0) is 12.9. The summed E-state index contributed by atoms with van der Waals surface area (Å²) in [7, 11) is 1.66. The van der Waals surface area contributed by atoms with Crippen molar-refractivity contribution in [2.75, 3.05) is 7.05 Å². The minimum atomic E-state index is -0.532. The van der Waals surface area contributed by atoms with Gasteiger partial charge in [-0.3, -0.25) is 9.59 Å². The number of hydrogen-bond donors (Lipinski definition) is 2. The van der Waals surface area contributed by atoms with Crippen molar-refractivity contribution < 1.29 is 9.90 Å². The number of aromatic hydroxyl groups is 1. The number of amides is 1.